The number of carbonyl (C=O) groups excluding carboxylic acids is 3. The number of esters is 3. The lowest BCUT2D eigenvalue weighted by Gasteiger charge is -2.46. The van der Waals surface area contributed by atoms with Crippen LogP contribution in [0.1, 0.15) is 86.0 Å². The Labute approximate surface area is 290 Å². The Morgan fingerprint density at radius 1 is 0.980 bits per heavy atom. The van der Waals surface area contributed by atoms with E-state index in [9.17, 15) is 34.8 Å². The number of rotatable bonds is 7. The highest BCUT2D eigenvalue weighted by Gasteiger charge is 2.68. The molecule has 0 aromatic heterocycles. The molecular weight excluding hydrogens is 632 g/mol. The molecule has 0 radical (unpaired) electrons. The van der Waals surface area contributed by atoms with Crippen LogP contribution in [0.4, 0.5) is 0 Å². The second-order valence-corrected chi connectivity index (χ2v) is 16.0. The minimum Gasteiger partial charge on any atom is -0.459 e. The molecular formula is C38H56O11. The lowest BCUT2D eigenvalue weighted by molar-refractivity contribution is -0.188. The minimum atomic E-state index is -2.15. The quantitative estimate of drug-likeness (QED) is 0.184. The third kappa shape index (κ3) is 8.99. The number of carbonyl (C=O) groups is 3. The fourth-order valence-corrected chi connectivity index (χ4v) is 6.69. The van der Waals surface area contributed by atoms with Crippen LogP contribution in [-0.4, -0.2) is 92.8 Å². The molecule has 49 heavy (non-hydrogen) atoms. The number of hydrogen-bond donors (Lipinski definition) is 4. The molecule has 2 aliphatic rings. The summed E-state index contributed by atoms with van der Waals surface area (Å²) in [5.41, 5.74) is -6.06. The molecule has 0 bridgehead atoms. The summed E-state index contributed by atoms with van der Waals surface area (Å²) in [5, 5.41) is 48.7. The van der Waals surface area contributed by atoms with Gasteiger partial charge < -0.3 is 39.4 Å². The van der Waals surface area contributed by atoms with E-state index in [0.29, 0.717) is 0 Å². The molecule has 0 heterocycles. The fraction of sp³-hybridized carbons (Fsp3) is 0.658. The number of aliphatic hydroxyl groups is 4. The maximum Gasteiger partial charge on any atom is 0.338 e. The maximum atomic E-state index is 13.6. The van der Waals surface area contributed by atoms with Crippen LogP contribution in [-0.2, 0) is 28.5 Å². The number of hydrogen-bond acceptors (Lipinski definition) is 11. The van der Waals surface area contributed by atoms with Gasteiger partial charge in [0.15, 0.2) is 6.10 Å². The third-order valence-electron chi connectivity index (χ3n) is 9.41. The van der Waals surface area contributed by atoms with E-state index < -0.39 is 94.8 Å². The normalized spacial score (nSPS) is 35.8. The smallest absolute Gasteiger partial charge is 0.338 e. The molecule has 0 spiro atoms. The zero-order valence-electron chi connectivity index (χ0n) is 30.5. The Bertz CT molecular complexity index is 1380. The van der Waals surface area contributed by atoms with Gasteiger partial charge >= 0.3 is 17.9 Å². The molecule has 4 N–H and O–H groups in total. The highest BCUT2D eigenvalue weighted by atomic mass is 16.6. The van der Waals surface area contributed by atoms with Gasteiger partial charge in [-0.05, 0) is 51.3 Å². The van der Waals surface area contributed by atoms with Crippen molar-refractivity contribution in [2.75, 3.05) is 6.61 Å². The van der Waals surface area contributed by atoms with E-state index in [2.05, 4.69) is 6.58 Å². The summed E-state index contributed by atoms with van der Waals surface area (Å²) in [4.78, 5) is 39.4. The van der Waals surface area contributed by atoms with Crippen LogP contribution in [0, 0.1) is 28.6 Å². The van der Waals surface area contributed by atoms with Crippen LogP contribution in [0.2, 0.25) is 0 Å². The van der Waals surface area contributed by atoms with E-state index in [1.807, 2.05) is 13.8 Å². The number of benzene rings is 1. The lowest BCUT2D eigenvalue weighted by atomic mass is 9.71. The van der Waals surface area contributed by atoms with Crippen LogP contribution in [0.15, 0.2) is 54.6 Å². The minimum absolute atomic E-state index is 0.0684. The average molecular weight is 689 g/mol. The molecule has 11 heteroatoms. The molecule has 10 atom stereocenters. The standard InChI is InChI=1S/C38H56O11/c1-21(2)19-46-28-23(4)27(40)29(48-34(43)35(6,7)8)30(41)36(9,10)18-17-22(3)31(49-33(42)25-15-13-12-14-16-25)38(45)20-37(11,44)32(26(28)38)47-24(5)39/h12-18,21-22,26-32,40-41,44-45H,4,19-20H2,1-3,5-11H3/b18-17+/t22-,26-,27-,28-,29+,30+,31-,32+,37+,38+/m0/s1. The van der Waals surface area contributed by atoms with Crippen molar-refractivity contribution in [1.82, 2.24) is 0 Å². The van der Waals surface area contributed by atoms with E-state index in [4.69, 9.17) is 18.9 Å². The summed E-state index contributed by atoms with van der Waals surface area (Å²) in [7, 11) is 0. The van der Waals surface area contributed by atoms with Crippen molar-refractivity contribution < 1.29 is 53.8 Å². The molecule has 1 aromatic carbocycles. The molecule has 11 nitrogen and oxygen atoms in total. The van der Waals surface area contributed by atoms with Gasteiger partial charge in [0.05, 0.1) is 23.0 Å². The highest BCUT2D eigenvalue weighted by molar-refractivity contribution is 5.89. The van der Waals surface area contributed by atoms with Gasteiger partial charge in [0.2, 0.25) is 0 Å². The van der Waals surface area contributed by atoms with Gasteiger partial charge in [-0.1, -0.05) is 71.5 Å². The zero-order chi connectivity index (χ0) is 37.3. The predicted octanol–water partition coefficient (Wildman–Crippen LogP) is 4.15. The van der Waals surface area contributed by atoms with Gasteiger partial charge in [-0.25, -0.2) is 4.79 Å². The van der Waals surface area contributed by atoms with E-state index in [0.717, 1.165) is 6.92 Å². The molecule has 274 valence electrons. The van der Waals surface area contributed by atoms with Crippen molar-refractivity contribution >= 4 is 17.9 Å². The molecule has 0 saturated heterocycles. The van der Waals surface area contributed by atoms with Gasteiger partial charge in [0, 0.05) is 31.3 Å². The van der Waals surface area contributed by atoms with Gasteiger partial charge in [-0.2, -0.15) is 0 Å². The Morgan fingerprint density at radius 3 is 2.10 bits per heavy atom. The average Bonchev–Trinajstić information content (AvgIpc) is 3.19. The summed E-state index contributed by atoms with van der Waals surface area (Å²) >= 11 is 0. The molecule has 0 unspecified atom stereocenters. The molecule has 2 aliphatic carbocycles. The number of ether oxygens (including phenoxy) is 4. The van der Waals surface area contributed by atoms with Crippen LogP contribution in [0.3, 0.4) is 0 Å². The Balaban J connectivity index is 2.37. The molecule has 0 aliphatic heterocycles. The zero-order valence-corrected chi connectivity index (χ0v) is 30.5. The molecule has 1 saturated carbocycles. The van der Waals surface area contributed by atoms with Gasteiger partial charge in [0.25, 0.3) is 0 Å². The molecule has 1 fully saturated rings. The Hall–Kier alpha value is -3.09. The summed E-state index contributed by atoms with van der Waals surface area (Å²) in [5.74, 6) is -4.39. The second kappa shape index (κ2) is 15.0. The first kappa shape index (κ1) is 40.3. The third-order valence-corrected chi connectivity index (χ3v) is 9.41. The highest BCUT2D eigenvalue weighted by Crippen LogP contribution is 2.52. The van der Waals surface area contributed by atoms with E-state index in [-0.39, 0.29) is 23.7 Å². The number of aliphatic hydroxyl groups excluding tert-OH is 2. The van der Waals surface area contributed by atoms with Crippen molar-refractivity contribution in [3.8, 4) is 0 Å². The van der Waals surface area contributed by atoms with E-state index in [1.165, 1.54) is 6.92 Å². The summed E-state index contributed by atoms with van der Waals surface area (Å²) in [6, 6.07) is 8.22. The first-order valence-corrected chi connectivity index (χ1v) is 16.9. The Morgan fingerprint density at radius 2 is 1.57 bits per heavy atom. The van der Waals surface area contributed by atoms with Crippen LogP contribution < -0.4 is 0 Å². The van der Waals surface area contributed by atoms with E-state index in [1.54, 1.807) is 84.0 Å². The van der Waals surface area contributed by atoms with Crippen LogP contribution in [0.5, 0.6) is 0 Å². The van der Waals surface area contributed by atoms with Crippen molar-refractivity contribution in [3.63, 3.8) is 0 Å². The number of fused-ring (bicyclic) bond motifs is 1. The first-order valence-electron chi connectivity index (χ1n) is 16.9. The summed E-state index contributed by atoms with van der Waals surface area (Å²) in [6.07, 6.45) is -6.11. The monoisotopic (exact) mass is 688 g/mol. The fourth-order valence-electron chi connectivity index (χ4n) is 6.69. The Kier molecular flexibility index (Phi) is 12.4. The van der Waals surface area contributed by atoms with Gasteiger partial charge in [-0.15, -0.1) is 0 Å². The van der Waals surface area contributed by atoms with Crippen LogP contribution in [0.25, 0.3) is 0 Å². The molecule has 1 aromatic rings. The first-order chi connectivity index (χ1) is 22.4. The summed E-state index contributed by atoms with van der Waals surface area (Å²) < 4.78 is 24.1. The van der Waals surface area contributed by atoms with Crippen molar-refractivity contribution in [2.24, 2.45) is 28.6 Å². The largest absolute Gasteiger partial charge is 0.459 e. The van der Waals surface area contributed by atoms with Gasteiger partial charge in [0.1, 0.15) is 35.6 Å². The SMILES string of the molecule is C=C1[C@H](O)[C@@H](OC(=O)C(C)(C)C)[C@@H](O)C(C)(C)/C=C/[C@H](C)[C@H](OC(=O)c2ccccc2)[C@@]2(O)C[C@@](C)(O)[C@H](OC(C)=O)[C@@H]2[C@H]1OCC(C)C. The molecule has 0 amide bonds. The molecule has 3 rings (SSSR count). The van der Waals surface area contributed by atoms with Crippen molar-refractivity contribution in [3.05, 3.63) is 60.2 Å². The maximum absolute atomic E-state index is 13.6. The summed E-state index contributed by atoms with van der Waals surface area (Å²) in [6.45, 7) is 20.6. The van der Waals surface area contributed by atoms with E-state index >= 15 is 0 Å². The van der Waals surface area contributed by atoms with Crippen LogP contribution >= 0.6 is 0 Å². The van der Waals surface area contributed by atoms with Crippen molar-refractivity contribution in [1.29, 1.82) is 0 Å². The predicted molar refractivity (Wildman–Crippen MR) is 182 cm³/mol. The van der Waals surface area contributed by atoms with Crippen molar-refractivity contribution in [2.45, 2.75) is 123 Å². The lowest BCUT2D eigenvalue weighted by Crippen LogP contribution is -2.59. The van der Waals surface area contributed by atoms with Gasteiger partial charge in [-0.3, -0.25) is 9.59 Å². The second-order valence-electron chi connectivity index (χ2n) is 16.0. The topological polar surface area (TPSA) is 169 Å².